The number of aromatic hydroxyl groups is 1. The highest BCUT2D eigenvalue weighted by Crippen LogP contribution is 2.65. The molecule has 5 aliphatic rings. The Kier molecular flexibility index (Phi) is 7.86. The topological polar surface area (TPSA) is 95.0 Å². The van der Waals surface area contributed by atoms with Gasteiger partial charge >= 0.3 is 0 Å². The zero-order valence-electron chi connectivity index (χ0n) is 27.3. The molecule has 250 valence electrons. The van der Waals surface area contributed by atoms with Crippen molar-refractivity contribution in [2.24, 2.45) is 23.7 Å². The van der Waals surface area contributed by atoms with E-state index in [1.165, 1.54) is 4.90 Å². The lowest BCUT2D eigenvalue weighted by Crippen LogP contribution is -2.53. The maximum Gasteiger partial charge on any atom is 0.246 e. The molecule has 0 aromatic heterocycles. The molecule has 2 saturated heterocycles. The van der Waals surface area contributed by atoms with Crippen LogP contribution in [0.5, 0.6) is 5.75 Å². The zero-order valence-corrected chi connectivity index (χ0v) is 28.0. The van der Waals surface area contributed by atoms with Crippen LogP contribution in [-0.2, 0) is 31.0 Å². The van der Waals surface area contributed by atoms with E-state index >= 15 is 4.79 Å². The number of amides is 4. The van der Waals surface area contributed by atoms with Crippen LogP contribution in [0.2, 0.25) is 5.02 Å². The number of halogens is 1. The first-order valence-electron chi connectivity index (χ1n) is 17.5. The predicted molar refractivity (Wildman–Crippen MR) is 187 cm³/mol. The van der Waals surface area contributed by atoms with Gasteiger partial charge in [0, 0.05) is 22.5 Å². The van der Waals surface area contributed by atoms with Gasteiger partial charge in [-0.1, -0.05) is 103 Å². The molecule has 8 heteroatoms. The largest absolute Gasteiger partial charge is 0.507 e. The number of carbonyl (C=O) groups excluding carboxylic acids is 4. The highest BCUT2D eigenvalue weighted by Gasteiger charge is 2.70. The fraction of sp³-hybridized carbons (Fsp3) is 0.366. The number of para-hydroxylation sites is 1. The van der Waals surface area contributed by atoms with Gasteiger partial charge in [0.05, 0.1) is 28.9 Å². The maximum absolute atomic E-state index is 15.4. The summed E-state index contributed by atoms with van der Waals surface area (Å²) in [4.78, 5) is 61.6. The van der Waals surface area contributed by atoms with Crippen LogP contribution in [-0.4, -0.2) is 39.7 Å². The number of nitrogens with zero attached hydrogens (tertiary/aromatic N) is 2. The Morgan fingerprint density at radius 2 is 1.63 bits per heavy atom. The van der Waals surface area contributed by atoms with Crippen LogP contribution >= 0.6 is 11.6 Å². The molecule has 2 aliphatic heterocycles. The molecule has 0 radical (unpaired) electrons. The average molecular weight is 675 g/mol. The molecule has 6 unspecified atom stereocenters. The number of rotatable bonds is 6. The van der Waals surface area contributed by atoms with Crippen molar-refractivity contribution >= 4 is 40.9 Å². The monoisotopic (exact) mass is 674 g/mol. The molecule has 7 nitrogen and oxygen atoms in total. The molecule has 2 heterocycles. The van der Waals surface area contributed by atoms with Crippen LogP contribution in [0, 0.1) is 23.7 Å². The van der Waals surface area contributed by atoms with Crippen LogP contribution < -0.4 is 4.90 Å². The van der Waals surface area contributed by atoms with Gasteiger partial charge in [-0.05, 0) is 67.3 Å². The molecule has 4 amide bonds. The number of fused-ring (bicyclic) bond motifs is 4. The molecule has 1 N–H and O–H groups in total. The number of allylic oxidation sites excluding steroid dienone is 3. The molecular formula is C41H39ClN2O5. The van der Waals surface area contributed by atoms with E-state index in [9.17, 15) is 19.5 Å². The number of likely N-dealkylation sites (tertiary alicyclic amines) is 1. The zero-order chi connectivity index (χ0) is 34.0. The van der Waals surface area contributed by atoms with Gasteiger partial charge in [0.15, 0.2) is 0 Å². The summed E-state index contributed by atoms with van der Waals surface area (Å²) < 4.78 is 0. The molecule has 49 heavy (non-hydrogen) atoms. The minimum Gasteiger partial charge on any atom is -0.507 e. The second-order valence-electron chi connectivity index (χ2n) is 14.3. The first-order chi connectivity index (χ1) is 23.8. The van der Waals surface area contributed by atoms with Gasteiger partial charge in [0.2, 0.25) is 23.6 Å². The number of anilines is 1. The molecule has 8 rings (SSSR count). The number of hydrogen-bond donors (Lipinski definition) is 1. The van der Waals surface area contributed by atoms with E-state index < -0.39 is 40.9 Å². The van der Waals surface area contributed by atoms with E-state index in [1.807, 2.05) is 54.6 Å². The van der Waals surface area contributed by atoms with Crippen molar-refractivity contribution in [2.45, 2.75) is 68.7 Å². The van der Waals surface area contributed by atoms with Crippen LogP contribution in [0.25, 0.3) is 0 Å². The summed E-state index contributed by atoms with van der Waals surface area (Å²) in [5.74, 6) is -4.25. The number of imide groups is 2. The van der Waals surface area contributed by atoms with Crippen molar-refractivity contribution in [1.82, 2.24) is 4.90 Å². The number of phenols is 1. The summed E-state index contributed by atoms with van der Waals surface area (Å²) in [7, 11) is 0. The summed E-state index contributed by atoms with van der Waals surface area (Å²) in [6.07, 6.45) is 9.48. The van der Waals surface area contributed by atoms with Crippen molar-refractivity contribution in [3.8, 4) is 5.75 Å². The fourth-order valence-corrected chi connectivity index (χ4v) is 10.2. The summed E-state index contributed by atoms with van der Waals surface area (Å²) in [6.45, 7) is 3.88. The lowest BCUT2D eigenvalue weighted by molar-refractivity contribution is -0.143. The molecular weight excluding hydrogens is 636 g/mol. The fourth-order valence-electron chi connectivity index (χ4n) is 9.98. The molecule has 0 bridgehead atoms. The smallest absolute Gasteiger partial charge is 0.246 e. The normalized spacial score (nSPS) is 29.8. The lowest BCUT2D eigenvalue weighted by Gasteiger charge is -2.51. The summed E-state index contributed by atoms with van der Waals surface area (Å²) in [6, 6.07) is 21.6. The number of carbonyl (C=O) groups is 4. The van der Waals surface area contributed by atoms with Gasteiger partial charge in [-0.15, -0.1) is 6.58 Å². The van der Waals surface area contributed by atoms with Crippen molar-refractivity contribution in [2.75, 3.05) is 4.90 Å². The van der Waals surface area contributed by atoms with E-state index in [0.29, 0.717) is 40.2 Å². The summed E-state index contributed by atoms with van der Waals surface area (Å²) >= 11 is 6.41. The second kappa shape index (κ2) is 12.1. The lowest BCUT2D eigenvalue weighted by atomic mass is 9.49. The molecule has 2 saturated carbocycles. The van der Waals surface area contributed by atoms with Gasteiger partial charge in [0.1, 0.15) is 5.75 Å². The average Bonchev–Trinajstić information content (AvgIpc) is 3.51. The minimum atomic E-state index is -1.44. The van der Waals surface area contributed by atoms with Crippen LogP contribution in [0.4, 0.5) is 5.69 Å². The van der Waals surface area contributed by atoms with Crippen molar-refractivity contribution < 1.29 is 24.3 Å². The molecule has 3 aliphatic carbocycles. The van der Waals surface area contributed by atoms with Crippen LogP contribution in [0.1, 0.15) is 67.6 Å². The second-order valence-corrected chi connectivity index (χ2v) is 14.7. The van der Waals surface area contributed by atoms with Crippen molar-refractivity contribution in [3.63, 3.8) is 0 Å². The molecule has 0 spiro atoms. The minimum absolute atomic E-state index is 0.0456. The van der Waals surface area contributed by atoms with E-state index in [0.717, 1.165) is 37.7 Å². The number of hydrogen-bond acceptors (Lipinski definition) is 5. The van der Waals surface area contributed by atoms with Gasteiger partial charge < -0.3 is 5.11 Å². The Balaban J connectivity index is 1.36. The Labute approximate surface area is 291 Å². The predicted octanol–water partition coefficient (Wildman–Crippen LogP) is 7.27. The maximum atomic E-state index is 15.4. The third-order valence-electron chi connectivity index (χ3n) is 12.0. The van der Waals surface area contributed by atoms with E-state index in [2.05, 4.69) is 6.58 Å². The van der Waals surface area contributed by atoms with Gasteiger partial charge in [-0.3, -0.25) is 24.1 Å². The number of benzene rings is 3. The standard InChI is InChI=1S/C41H39ClN2O5/c1-2-11-24-12-9-19-31(36(24)45)35-29-20-21-30-34(39(48)43(37(30)46)27-16-7-4-8-17-27)32(29)23-33-38(47)44(28-18-10-15-26(42)22-28)40(49)41(33,35)25-13-5-3-6-14-25/h2-3,5-6,9-10,12-15,18-20,22,27,30,32-35,45H,1,4,7-8,11,16-17,21,23H2. The first kappa shape index (κ1) is 31.8. The SMILES string of the molecule is C=CCc1cccc(C2C3=CCC4C(=O)N(C5CCCCC5)C(=O)C4C3CC3C(=O)N(c4cccc(Cl)c4)C(=O)C32c2ccccc2)c1O. The van der Waals surface area contributed by atoms with Crippen LogP contribution in [0.15, 0.2) is 97.1 Å². The molecule has 3 aromatic carbocycles. The highest BCUT2D eigenvalue weighted by molar-refractivity contribution is 6.32. The molecule has 6 atom stereocenters. The Hall–Kier alpha value is -4.49. The van der Waals surface area contributed by atoms with Gasteiger partial charge in [-0.25, -0.2) is 4.90 Å². The summed E-state index contributed by atoms with van der Waals surface area (Å²) in [5.41, 5.74) is 1.63. The number of phenolic OH excluding ortho intramolecular Hbond substituents is 1. The first-order valence-corrected chi connectivity index (χ1v) is 17.8. The Morgan fingerprint density at radius 3 is 2.37 bits per heavy atom. The Bertz CT molecular complexity index is 1920. The highest BCUT2D eigenvalue weighted by atomic mass is 35.5. The van der Waals surface area contributed by atoms with Crippen molar-refractivity contribution in [1.29, 1.82) is 0 Å². The van der Waals surface area contributed by atoms with E-state index in [-0.39, 0.29) is 35.9 Å². The molecule has 3 aromatic rings. The summed E-state index contributed by atoms with van der Waals surface area (Å²) in [5, 5.41) is 12.4. The quantitative estimate of drug-likeness (QED) is 0.219. The third-order valence-corrected chi connectivity index (χ3v) is 12.2. The van der Waals surface area contributed by atoms with Gasteiger partial charge in [0.25, 0.3) is 0 Å². The van der Waals surface area contributed by atoms with E-state index in [1.54, 1.807) is 35.2 Å². The molecule has 4 fully saturated rings. The third kappa shape index (κ3) is 4.61. The van der Waals surface area contributed by atoms with Gasteiger partial charge in [-0.2, -0.15) is 0 Å². The van der Waals surface area contributed by atoms with E-state index in [4.69, 9.17) is 11.6 Å². The Morgan fingerprint density at radius 1 is 0.878 bits per heavy atom. The van der Waals surface area contributed by atoms with Crippen molar-refractivity contribution in [3.05, 3.63) is 119 Å². The van der Waals surface area contributed by atoms with Crippen LogP contribution in [0.3, 0.4) is 0 Å².